The van der Waals surface area contributed by atoms with E-state index < -0.39 is 0 Å². The summed E-state index contributed by atoms with van der Waals surface area (Å²) in [7, 11) is 0. The van der Waals surface area contributed by atoms with Gasteiger partial charge < -0.3 is 9.88 Å². The first-order chi connectivity index (χ1) is 14.2. The van der Waals surface area contributed by atoms with Crippen LogP contribution in [-0.2, 0) is 13.0 Å². The highest BCUT2D eigenvalue weighted by Gasteiger charge is 2.18. The van der Waals surface area contributed by atoms with Gasteiger partial charge in [-0.3, -0.25) is 5.10 Å². The smallest absolute Gasteiger partial charge is 0.0923 e. The summed E-state index contributed by atoms with van der Waals surface area (Å²) in [6, 6.07) is 20.0. The van der Waals surface area contributed by atoms with Gasteiger partial charge in [-0.05, 0) is 73.2 Å². The van der Waals surface area contributed by atoms with Crippen molar-refractivity contribution in [3.05, 3.63) is 83.2 Å². The molecule has 4 heteroatoms. The molecule has 146 valence electrons. The molecule has 5 rings (SSSR count). The Hall–Kier alpha value is -3.27. The average molecular weight is 383 g/mol. The van der Waals surface area contributed by atoms with Crippen molar-refractivity contribution in [2.75, 3.05) is 11.4 Å². The Balaban J connectivity index is 1.36. The van der Waals surface area contributed by atoms with Gasteiger partial charge in [-0.15, -0.1) is 0 Å². The van der Waals surface area contributed by atoms with Crippen LogP contribution >= 0.6 is 0 Å². The molecule has 0 radical (unpaired) electrons. The van der Waals surface area contributed by atoms with Crippen LogP contribution < -0.4 is 4.90 Å². The predicted octanol–water partition coefficient (Wildman–Crippen LogP) is 5.64. The van der Waals surface area contributed by atoms with Crippen LogP contribution in [0.2, 0.25) is 0 Å². The molecule has 1 aliphatic rings. The van der Waals surface area contributed by atoms with E-state index in [-0.39, 0.29) is 0 Å². The summed E-state index contributed by atoms with van der Waals surface area (Å²) in [6.07, 6.45) is 4.37. The van der Waals surface area contributed by atoms with E-state index in [1.165, 1.54) is 45.6 Å². The van der Waals surface area contributed by atoms with Crippen LogP contribution in [0.4, 0.5) is 5.69 Å². The fourth-order valence-corrected chi connectivity index (χ4v) is 4.24. The fourth-order valence-electron chi connectivity index (χ4n) is 4.24. The largest absolute Gasteiger partial charge is 0.367 e. The van der Waals surface area contributed by atoms with Crippen molar-refractivity contribution in [2.24, 2.45) is 0 Å². The van der Waals surface area contributed by atoms with E-state index in [4.69, 9.17) is 0 Å². The molecule has 0 atom stereocenters. The van der Waals surface area contributed by atoms with Crippen LogP contribution in [0.1, 0.15) is 28.8 Å². The molecule has 0 saturated carbocycles. The number of hydrogen-bond acceptors (Lipinski definition) is 2. The third kappa shape index (κ3) is 3.58. The summed E-state index contributed by atoms with van der Waals surface area (Å²) in [6.45, 7) is 6.20. The minimum Gasteiger partial charge on any atom is -0.367 e. The van der Waals surface area contributed by atoms with Crippen LogP contribution in [0.3, 0.4) is 0 Å². The van der Waals surface area contributed by atoms with Gasteiger partial charge in [0, 0.05) is 41.9 Å². The van der Waals surface area contributed by atoms with Gasteiger partial charge >= 0.3 is 0 Å². The van der Waals surface area contributed by atoms with Crippen LogP contribution in [0.15, 0.2) is 60.8 Å². The van der Waals surface area contributed by atoms with Gasteiger partial charge in [0.2, 0.25) is 0 Å². The second kappa shape index (κ2) is 7.28. The lowest BCUT2D eigenvalue weighted by Gasteiger charge is -2.31. The summed E-state index contributed by atoms with van der Waals surface area (Å²) in [5, 5.41) is 7.46. The Morgan fingerprint density at radius 1 is 0.966 bits per heavy atom. The highest BCUT2D eigenvalue weighted by Crippen LogP contribution is 2.32. The van der Waals surface area contributed by atoms with Gasteiger partial charge in [-0.1, -0.05) is 30.3 Å². The summed E-state index contributed by atoms with van der Waals surface area (Å²) in [5.74, 6) is 0. The van der Waals surface area contributed by atoms with Crippen LogP contribution in [0.25, 0.3) is 22.5 Å². The summed E-state index contributed by atoms with van der Waals surface area (Å²) in [4.78, 5) is 5.84. The summed E-state index contributed by atoms with van der Waals surface area (Å²) >= 11 is 0. The average Bonchev–Trinajstić information content (AvgIpc) is 3.37. The molecule has 29 heavy (non-hydrogen) atoms. The second-order valence-corrected chi connectivity index (χ2v) is 8.09. The van der Waals surface area contributed by atoms with E-state index in [2.05, 4.69) is 81.6 Å². The minimum absolute atomic E-state index is 0.942. The molecule has 0 bridgehead atoms. The van der Waals surface area contributed by atoms with Crippen molar-refractivity contribution in [3.63, 3.8) is 0 Å². The number of benzene rings is 2. The molecule has 0 unspecified atom stereocenters. The first-order valence-electron chi connectivity index (χ1n) is 10.3. The molecule has 0 spiro atoms. The van der Waals surface area contributed by atoms with Crippen molar-refractivity contribution < 1.29 is 0 Å². The Kier molecular flexibility index (Phi) is 4.47. The number of H-pyrrole nitrogens is 2. The maximum absolute atomic E-state index is 4.42. The SMILES string of the molecule is Cc1c[nH]c(-c2ccc(CN3CCCc4cc(-c5cc(C)[nH]n5)ccc43)cc2)c1. The van der Waals surface area contributed by atoms with E-state index >= 15 is 0 Å². The normalized spacial score (nSPS) is 13.5. The Morgan fingerprint density at radius 3 is 2.52 bits per heavy atom. The van der Waals surface area contributed by atoms with Crippen molar-refractivity contribution in [2.45, 2.75) is 33.2 Å². The van der Waals surface area contributed by atoms with Crippen molar-refractivity contribution in [1.29, 1.82) is 0 Å². The number of aryl methyl sites for hydroxylation is 3. The van der Waals surface area contributed by atoms with E-state index in [0.717, 1.165) is 30.9 Å². The molecule has 0 amide bonds. The van der Waals surface area contributed by atoms with Crippen LogP contribution in [0.5, 0.6) is 0 Å². The maximum atomic E-state index is 4.42. The molecule has 1 aliphatic heterocycles. The van der Waals surface area contributed by atoms with Gasteiger partial charge in [-0.2, -0.15) is 5.10 Å². The Bertz CT molecular complexity index is 1130. The minimum atomic E-state index is 0.942. The second-order valence-electron chi connectivity index (χ2n) is 8.09. The van der Waals surface area contributed by atoms with Gasteiger partial charge in [0.15, 0.2) is 0 Å². The van der Waals surface area contributed by atoms with Gasteiger partial charge in [0.1, 0.15) is 0 Å². The van der Waals surface area contributed by atoms with Gasteiger partial charge in [-0.25, -0.2) is 0 Å². The topological polar surface area (TPSA) is 47.7 Å². The van der Waals surface area contributed by atoms with Crippen molar-refractivity contribution >= 4 is 5.69 Å². The Morgan fingerprint density at radius 2 is 1.79 bits per heavy atom. The third-order valence-electron chi connectivity index (χ3n) is 5.76. The lowest BCUT2D eigenvalue weighted by atomic mass is 9.97. The molecule has 2 aromatic heterocycles. The first-order valence-corrected chi connectivity index (χ1v) is 10.3. The van der Waals surface area contributed by atoms with E-state index in [1.54, 1.807) is 0 Å². The molecular weight excluding hydrogens is 356 g/mol. The number of nitrogens with one attached hydrogen (secondary N) is 2. The molecule has 3 heterocycles. The molecule has 2 aromatic carbocycles. The highest BCUT2D eigenvalue weighted by molar-refractivity contribution is 5.68. The number of fused-ring (bicyclic) bond motifs is 1. The number of nitrogens with zero attached hydrogens (tertiary/aromatic N) is 2. The zero-order chi connectivity index (χ0) is 19.8. The molecule has 0 saturated heterocycles. The van der Waals surface area contributed by atoms with E-state index in [0.29, 0.717) is 0 Å². The number of anilines is 1. The molecule has 0 aliphatic carbocycles. The number of aromatic nitrogens is 3. The molecule has 4 nitrogen and oxygen atoms in total. The van der Waals surface area contributed by atoms with Crippen LogP contribution in [0, 0.1) is 13.8 Å². The zero-order valence-corrected chi connectivity index (χ0v) is 17.0. The molecule has 2 N–H and O–H groups in total. The molecular formula is C25H26N4. The summed E-state index contributed by atoms with van der Waals surface area (Å²) in [5.41, 5.74) is 11.1. The molecule has 4 aromatic rings. The third-order valence-corrected chi connectivity index (χ3v) is 5.76. The Labute approximate surface area is 171 Å². The van der Waals surface area contributed by atoms with Gasteiger partial charge in [0.05, 0.1) is 5.69 Å². The number of aromatic amines is 2. The van der Waals surface area contributed by atoms with Gasteiger partial charge in [0.25, 0.3) is 0 Å². The lowest BCUT2D eigenvalue weighted by molar-refractivity contribution is 0.691. The van der Waals surface area contributed by atoms with Crippen LogP contribution in [-0.4, -0.2) is 21.7 Å². The maximum Gasteiger partial charge on any atom is 0.0923 e. The summed E-state index contributed by atoms with van der Waals surface area (Å²) < 4.78 is 0. The highest BCUT2D eigenvalue weighted by atomic mass is 15.1. The zero-order valence-electron chi connectivity index (χ0n) is 17.0. The number of hydrogen-bond donors (Lipinski definition) is 2. The van der Waals surface area contributed by atoms with Crippen molar-refractivity contribution in [1.82, 2.24) is 15.2 Å². The first kappa shape index (κ1) is 17.8. The van der Waals surface area contributed by atoms with E-state index in [1.807, 2.05) is 13.1 Å². The quantitative estimate of drug-likeness (QED) is 0.480. The lowest BCUT2D eigenvalue weighted by Crippen LogP contribution is -2.28. The van der Waals surface area contributed by atoms with E-state index in [9.17, 15) is 0 Å². The predicted molar refractivity (Wildman–Crippen MR) is 119 cm³/mol. The molecule has 0 fully saturated rings. The standard InChI is InChI=1S/C25H26N4/c1-17-12-23(26-15-17)20-7-5-19(6-8-20)16-29-11-3-4-22-14-21(9-10-25(22)29)24-13-18(2)27-28-24/h5-10,12-15,26H,3-4,11,16H2,1-2H3,(H,27,28). The monoisotopic (exact) mass is 382 g/mol. The van der Waals surface area contributed by atoms with Crippen molar-refractivity contribution in [3.8, 4) is 22.5 Å². The number of rotatable bonds is 4. The fraction of sp³-hybridized carbons (Fsp3) is 0.240.